The highest BCUT2D eigenvalue weighted by molar-refractivity contribution is 7.99. The lowest BCUT2D eigenvalue weighted by Gasteiger charge is -2.20. The standard InChI is InChI=1S/C13H21ClN4S/c1-3-7-15-13-16-8-9(14)12(18-13)17-10-5-4-6-11(10)19-2/h8,10-11H,3-7H2,1-2H3,(H2,15,16,17,18). The molecule has 0 aromatic carbocycles. The van der Waals surface area contributed by atoms with Gasteiger partial charge in [0.15, 0.2) is 5.82 Å². The minimum absolute atomic E-state index is 0.460. The molecule has 1 aromatic heterocycles. The molecule has 4 nitrogen and oxygen atoms in total. The average molecular weight is 301 g/mol. The van der Waals surface area contributed by atoms with Gasteiger partial charge in [0.25, 0.3) is 0 Å². The molecule has 2 unspecified atom stereocenters. The van der Waals surface area contributed by atoms with Crippen LogP contribution >= 0.6 is 23.4 Å². The predicted molar refractivity (Wildman–Crippen MR) is 84.4 cm³/mol. The highest BCUT2D eigenvalue weighted by Gasteiger charge is 2.27. The van der Waals surface area contributed by atoms with E-state index in [1.165, 1.54) is 19.3 Å². The van der Waals surface area contributed by atoms with Gasteiger partial charge in [-0.15, -0.1) is 0 Å². The first-order valence-corrected chi connectivity index (χ1v) is 8.47. The molecular weight excluding hydrogens is 280 g/mol. The molecule has 1 saturated carbocycles. The van der Waals surface area contributed by atoms with Gasteiger partial charge >= 0.3 is 0 Å². The molecule has 2 rings (SSSR count). The highest BCUT2D eigenvalue weighted by atomic mass is 35.5. The Morgan fingerprint density at radius 2 is 2.32 bits per heavy atom. The van der Waals surface area contributed by atoms with Crippen LogP contribution in [-0.2, 0) is 0 Å². The topological polar surface area (TPSA) is 49.8 Å². The third-order valence-corrected chi connectivity index (χ3v) is 4.80. The first-order valence-electron chi connectivity index (χ1n) is 6.80. The Labute approximate surface area is 124 Å². The van der Waals surface area contributed by atoms with Gasteiger partial charge in [0.05, 0.1) is 6.20 Å². The second-order valence-corrected chi connectivity index (χ2v) is 6.26. The van der Waals surface area contributed by atoms with E-state index in [0.29, 0.717) is 22.3 Å². The second-order valence-electron chi connectivity index (χ2n) is 4.77. The van der Waals surface area contributed by atoms with E-state index >= 15 is 0 Å². The van der Waals surface area contributed by atoms with Crippen LogP contribution in [0.3, 0.4) is 0 Å². The maximum atomic E-state index is 6.18. The summed E-state index contributed by atoms with van der Waals surface area (Å²) in [6.07, 6.45) is 8.60. The van der Waals surface area contributed by atoms with Crippen LogP contribution in [0.2, 0.25) is 5.02 Å². The molecule has 1 aliphatic rings. The predicted octanol–water partition coefficient (Wildman–Crippen LogP) is 3.65. The van der Waals surface area contributed by atoms with E-state index in [9.17, 15) is 0 Å². The Balaban J connectivity index is 2.05. The summed E-state index contributed by atoms with van der Waals surface area (Å²) in [6, 6.07) is 0.460. The third-order valence-electron chi connectivity index (χ3n) is 3.35. The van der Waals surface area contributed by atoms with Gasteiger partial charge in [0.2, 0.25) is 5.95 Å². The van der Waals surface area contributed by atoms with Gasteiger partial charge in [-0.05, 0) is 25.5 Å². The molecule has 106 valence electrons. The Bertz CT molecular complexity index is 416. The second kappa shape index (κ2) is 7.20. The number of halogens is 1. The number of nitrogens with one attached hydrogen (secondary N) is 2. The fourth-order valence-corrected chi connectivity index (χ4v) is 3.42. The van der Waals surface area contributed by atoms with Gasteiger partial charge in [-0.2, -0.15) is 16.7 Å². The molecule has 0 saturated heterocycles. The van der Waals surface area contributed by atoms with E-state index in [2.05, 4.69) is 33.8 Å². The molecule has 2 atom stereocenters. The van der Waals surface area contributed by atoms with Gasteiger partial charge in [-0.1, -0.05) is 24.9 Å². The summed E-state index contributed by atoms with van der Waals surface area (Å²) in [5.41, 5.74) is 0. The maximum Gasteiger partial charge on any atom is 0.224 e. The van der Waals surface area contributed by atoms with Crippen LogP contribution in [0.15, 0.2) is 6.20 Å². The summed E-state index contributed by atoms with van der Waals surface area (Å²) in [7, 11) is 0. The van der Waals surface area contributed by atoms with Crippen molar-refractivity contribution in [2.45, 2.75) is 43.9 Å². The van der Waals surface area contributed by atoms with E-state index < -0.39 is 0 Å². The highest BCUT2D eigenvalue weighted by Crippen LogP contribution is 2.32. The summed E-state index contributed by atoms with van der Waals surface area (Å²) < 4.78 is 0. The molecule has 2 N–H and O–H groups in total. The number of aromatic nitrogens is 2. The van der Waals surface area contributed by atoms with Crippen LogP contribution < -0.4 is 10.6 Å². The number of hydrogen-bond donors (Lipinski definition) is 2. The molecule has 0 spiro atoms. The Hall–Kier alpha value is -0.680. The van der Waals surface area contributed by atoms with E-state index in [4.69, 9.17) is 11.6 Å². The van der Waals surface area contributed by atoms with Crippen molar-refractivity contribution in [1.82, 2.24) is 9.97 Å². The van der Waals surface area contributed by atoms with Gasteiger partial charge in [0.1, 0.15) is 5.02 Å². The molecule has 1 heterocycles. The van der Waals surface area contributed by atoms with Crippen LogP contribution in [0.25, 0.3) is 0 Å². The van der Waals surface area contributed by atoms with Crippen molar-refractivity contribution < 1.29 is 0 Å². The average Bonchev–Trinajstić information content (AvgIpc) is 2.87. The van der Waals surface area contributed by atoms with E-state index in [1.54, 1.807) is 6.20 Å². The SMILES string of the molecule is CCCNc1ncc(Cl)c(NC2CCCC2SC)n1. The zero-order valence-electron chi connectivity index (χ0n) is 11.4. The first kappa shape index (κ1) is 14.7. The van der Waals surface area contributed by atoms with Crippen LogP contribution in [-0.4, -0.2) is 34.1 Å². The lowest BCUT2D eigenvalue weighted by molar-refractivity contribution is 0.762. The number of thioether (sulfide) groups is 1. The number of rotatable bonds is 6. The zero-order chi connectivity index (χ0) is 13.7. The number of hydrogen-bond acceptors (Lipinski definition) is 5. The molecule has 0 amide bonds. The summed E-state index contributed by atoms with van der Waals surface area (Å²) >= 11 is 8.10. The van der Waals surface area contributed by atoms with Crippen molar-refractivity contribution in [2.24, 2.45) is 0 Å². The minimum Gasteiger partial charge on any atom is -0.365 e. The van der Waals surface area contributed by atoms with Crippen LogP contribution in [0.5, 0.6) is 0 Å². The fourth-order valence-electron chi connectivity index (χ4n) is 2.34. The first-order chi connectivity index (χ1) is 9.24. The molecule has 1 fully saturated rings. The largest absolute Gasteiger partial charge is 0.365 e. The lowest BCUT2D eigenvalue weighted by Crippen LogP contribution is -2.26. The molecule has 1 aliphatic carbocycles. The summed E-state index contributed by atoms with van der Waals surface area (Å²) in [5, 5.41) is 7.91. The molecule has 0 radical (unpaired) electrons. The van der Waals surface area contributed by atoms with E-state index in [-0.39, 0.29) is 0 Å². The van der Waals surface area contributed by atoms with Gasteiger partial charge < -0.3 is 10.6 Å². The molecule has 19 heavy (non-hydrogen) atoms. The zero-order valence-corrected chi connectivity index (χ0v) is 13.0. The normalized spacial score (nSPS) is 22.5. The summed E-state index contributed by atoms with van der Waals surface area (Å²) in [6.45, 7) is 2.99. The van der Waals surface area contributed by atoms with E-state index in [0.717, 1.165) is 18.8 Å². The third kappa shape index (κ3) is 3.89. The van der Waals surface area contributed by atoms with Gasteiger partial charge in [-0.25, -0.2) is 4.98 Å². The lowest BCUT2D eigenvalue weighted by atomic mass is 10.2. The Morgan fingerprint density at radius 3 is 3.05 bits per heavy atom. The van der Waals surface area contributed by atoms with Crippen molar-refractivity contribution in [3.63, 3.8) is 0 Å². The van der Waals surface area contributed by atoms with Crippen LogP contribution in [0, 0.1) is 0 Å². The number of nitrogens with zero attached hydrogens (tertiary/aromatic N) is 2. The molecule has 1 aromatic rings. The summed E-state index contributed by atoms with van der Waals surface area (Å²) in [5.74, 6) is 1.40. The van der Waals surface area contributed by atoms with Gasteiger partial charge in [-0.3, -0.25) is 0 Å². The maximum absolute atomic E-state index is 6.18. The van der Waals surface area contributed by atoms with Crippen molar-refractivity contribution in [2.75, 3.05) is 23.4 Å². The summed E-state index contributed by atoms with van der Waals surface area (Å²) in [4.78, 5) is 8.66. The molecule has 6 heteroatoms. The minimum atomic E-state index is 0.460. The van der Waals surface area contributed by atoms with Crippen LogP contribution in [0.4, 0.5) is 11.8 Å². The fraction of sp³-hybridized carbons (Fsp3) is 0.692. The van der Waals surface area contributed by atoms with Crippen molar-refractivity contribution in [1.29, 1.82) is 0 Å². The Morgan fingerprint density at radius 1 is 1.47 bits per heavy atom. The quantitative estimate of drug-likeness (QED) is 0.840. The van der Waals surface area contributed by atoms with Gasteiger partial charge in [0, 0.05) is 17.8 Å². The van der Waals surface area contributed by atoms with Crippen molar-refractivity contribution >= 4 is 35.1 Å². The smallest absolute Gasteiger partial charge is 0.224 e. The van der Waals surface area contributed by atoms with Crippen molar-refractivity contribution in [3.8, 4) is 0 Å². The Kier molecular flexibility index (Phi) is 5.58. The molecule has 0 aliphatic heterocycles. The van der Waals surface area contributed by atoms with Crippen LogP contribution in [0.1, 0.15) is 32.6 Å². The van der Waals surface area contributed by atoms with E-state index in [1.807, 2.05) is 11.8 Å². The monoisotopic (exact) mass is 300 g/mol. The molecule has 0 bridgehead atoms. The molecular formula is C13H21ClN4S. The number of anilines is 2. The van der Waals surface area contributed by atoms with Crippen molar-refractivity contribution in [3.05, 3.63) is 11.2 Å².